The zero-order chi connectivity index (χ0) is 12.0. The van der Waals surface area contributed by atoms with Gasteiger partial charge in [0.15, 0.2) is 5.96 Å². The largest absolute Gasteiger partial charge is 0.357 e. The molecule has 2 N–H and O–H groups in total. The van der Waals surface area contributed by atoms with E-state index in [1.165, 1.54) is 5.69 Å². The van der Waals surface area contributed by atoms with Crippen molar-refractivity contribution in [1.82, 2.24) is 15.6 Å². The summed E-state index contributed by atoms with van der Waals surface area (Å²) in [6.45, 7) is 7.96. The van der Waals surface area contributed by atoms with E-state index < -0.39 is 0 Å². The number of aromatic nitrogens is 1. The number of thiazole rings is 1. The molecular weight excluding hydrogens is 347 g/mol. The maximum Gasteiger partial charge on any atom is 0.191 e. The van der Waals surface area contributed by atoms with E-state index in [0.717, 1.165) is 24.1 Å². The Bertz CT molecular complexity index is 349. The lowest BCUT2D eigenvalue weighted by atomic mass is 10.2. The molecule has 0 radical (unpaired) electrons. The number of nitrogens with zero attached hydrogens (tertiary/aromatic N) is 2. The molecule has 0 amide bonds. The van der Waals surface area contributed by atoms with Gasteiger partial charge in [-0.25, -0.2) is 4.98 Å². The van der Waals surface area contributed by atoms with Gasteiger partial charge >= 0.3 is 0 Å². The Hall–Kier alpha value is -0.370. The van der Waals surface area contributed by atoms with E-state index in [1.54, 1.807) is 18.4 Å². The molecule has 0 aliphatic rings. The molecule has 6 heteroatoms. The molecule has 17 heavy (non-hydrogen) atoms. The first kappa shape index (κ1) is 16.6. The average Bonchev–Trinajstić information content (AvgIpc) is 2.73. The number of hydrogen-bond acceptors (Lipinski definition) is 3. The third-order valence-electron chi connectivity index (χ3n) is 2.14. The van der Waals surface area contributed by atoms with Crippen molar-refractivity contribution in [3.63, 3.8) is 0 Å². The zero-order valence-corrected chi connectivity index (χ0v) is 13.9. The molecule has 0 aliphatic carbocycles. The van der Waals surface area contributed by atoms with Crippen molar-refractivity contribution in [2.24, 2.45) is 4.99 Å². The number of guanidine groups is 1. The Kier molecular flexibility index (Phi) is 8.49. The number of hydrogen-bond donors (Lipinski definition) is 2. The van der Waals surface area contributed by atoms with Crippen LogP contribution in [0.3, 0.4) is 0 Å². The van der Waals surface area contributed by atoms with Crippen LogP contribution in [-0.4, -0.2) is 24.5 Å². The summed E-state index contributed by atoms with van der Waals surface area (Å²) < 4.78 is 0. The van der Waals surface area contributed by atoms with Gasteiger partial charge in [-0.05, 0) is 12.8 Å². The number of aliphatic imine (C=N–C) groups is 1. The lowest BCUT2D eigenvalue weighted by Gasteiger charge is -2.08. The first-order valence-corrected chi connectivity index (χ1v) is 6.44. The molecule has 4 nitrogen and oxygen atoms in total. The Morgan fingerprint density at radius 3 is 2.65 bits per heavy atom. The van der Waals surface area contributed by atoms with Crippen molar-refractivity contribution >= 4 is 41.3 Å². The fourth-order valence-electron chi connectivity index (χ4n) is 1.22. The number of halogens is 1. The minimum Gasteiger partial charge on any atom is -0.357 e. The van der Waals surface area contributed by atoms with Crippen molar-refractivity contribution in [2.45, 2.75) is 33.2 Å². The maximum atomic E-state index is 4.55. The van der Waals surface area contributed by atoms with Gasteiger partial charge in [0.05, 0.1) is 12.2 Å². The van der Waals surface area contributed by atoms with Crippen LogP contribution in [0.25, 0.3) is 0 Å². The van der Waals surface area contributed by atoms with Gasteiger partial charge in [-0.2, -0.15) is 0 Å². The molecule has 0 spiro atoms. The summed E-state index contributed by atoms with van der Waals surface area (Å²) in [5.74, 6) is 1.32. The second-order valence-corrected chi connectivity index (χ2v) is 4.72. The molecule has 0 aliphatic heterocycles. The monoisotopic (exact) mass is 368 g/mol. The van der Waals surface area contributed by atoms with E-state index in [0.29, 0.717) is 5.92 Å². The zero-order valence-electron chi connectivity index (χ0n) is 10.8. The molecule has 1 aromatic heterocycles. The predicted molar refractivity (Wildman–Crippen MR) is 85.5 cm³/mol. The highest BCUT2D eigenvalue weighted by Crippen LogP contribution is 2.17. The van der Waals surface area contributed by atoms with Crippen molar-refractivity contribution < 1.29 is 0 Å². The molecular formula is C11H21IN4S. The molecule has 1 aromatic rings. The van der Waals surface area contributed by atoms with Crippen LogP contribution in [0.5, 0.6) is 0 Å². The molecule has 0 fully saturated rings. The summed E-state index contributed by atoms with van der Waals surface area (Å²) in [7, 11) is 1.77. The van der Waals surface area contributed by atoms with Crippen LogP contribution >= 0.6 is 35.3 Å². The Morgan fingerprint density at radius 1 is 1.47 bits per heavy atom. The number of rotatable bonds is 4. The van der Waals surface area contributed by atoms with Crippen LogP contribution in [0.1, 0.15) is 37.4 Å². The minimum absolute atomic E-state index is 0. The first-order chi connectivity index (χ1) is 7.67. The highest BCUT2D eigenvalue weighted by atomic mass is 127. The van der Waals surface area contributed by atoms with E-state index in [4.69, 9.17) is 0 Å². The van der Waals surface area contributed by atoms with Gasteiger partial charge in [0.1, 0.15) is 5.01 Å². The average molecular weight is 368 g/mol. The topological polar surface area (TPSA) is 49.3 Å². The SMILES string of the molecule is CCNC(=NC)NCc1nc(C(C)C)cs1.I. The predicted octanol–water partition coefficient (Wildman–Crippen LogP) is 2.57. The molecule has 0 saturated carbocycles. The summed E-state index contributed by atoms with van der Waals surface area (Å²) in [6.07, 6.45) is 0. The fourth-order valence-corrected chi connectivity index (χ4v) is 2.11. The van der Waals surface area contributed by atoms with E-state index in [1.807, 2.05) is 6.92 Å². The highest BCUT2D eigenvalue weighted by molar-refractivity contribution is 14.0. The van der Waals surface area contributed by atoms with Gasteiger partial charge in [0, 0.05) is 19.0 Å². The maximum absolute atomic E-state index is 4.55. The van der Waals surface area contributed by atoms with Crippen molar-refractivity contribution in [2.75, 3.05) is 13.6 Å². The smallest absolute Gasteiger partial charge is 0.191 e. The summed E-state index contributed by atoms with van der Waals surface area (Å²) in [6, 6.07) is 0. The third kappa shape index (κ3) is 5.67. The van der Waals surface area contributed by atoms with Crippen molar-refractivity contribution in [3.8, 4) is 0 Å². The van der Waals surface area contributed by atoms with E-state index in [-0.39, 0.29) is 24.0 Å². The van der Waals surface area contributed by atoms with Crippen LogP contribution in [-0.2, 0) is 6.54 Å². The second-order valence-electron chi connectivity index (χ2n) is 3.78. The van der Waals surface area contributed by atoms with Crippen LogP contribution < -0.4 is 10.6 Å². The van der Waals surface area contributed by atoms with E-state index >= 15 is 0 Å². The number of nitrogens with one attached hydrogen (secondary N) is 2. The van der Waals surface area contributed by atoms with Gasteiger partial charge in [0.2, 0.25) is 0 Å². The molecule has 0 bridgehead atoms. The van der Waals surface area contributed by atoms with Crippen molar-refractivity contribution in [3.05, 3.63) is 16.1 Å². The summed E-state index contributed by atoms with van der Waals surface area (Å²) in [5.41, 5.74) is 1.17. The molecule has 0 aromatic carbocycles. The molecule has 98 valence electrons. The van der Waals surface area contributed by atoms with Gasteiger partial charge in [0.25, 0.3) is 0 Å². The quantitative estimate of drug-likeness (QED) is 0.488. The molecule has 0 saturated heterocycles. The first-order valence-electron chi connectivity index (χ1n) is 5.56. The standard InChI is InChI=1S/C11H20N4S.HI/c1-5-13-11(12-4)14-6-10-15-9(7-16-10)8(2)3;/h7-8H,5-6H2,1-4H3,(H2,12,13,14);1H. The van der Waals surface area contributed by atoms with Gasteiger partial charge < -0.3 is 10.6 Å². The minimum atomic E-state index is 0. The Labute approximate surface area is 124 Å². The normalized spacial score (nSPS) is 11.2. The van der Waals surface area contributed by atoms with Crippen LogP contribution in [0.15, 0.2) is 10.4 Å². The second kappa shape index (κ2) is 8.68. The third-order valence-corrected chi connectivity index (χ3v) is 3.00. The molecule has 0 unspecified atom stereocenters. The fraction of sp³-hybridized carbons (Fsp3) is 0.636. The Morgan fingerprint density at radius 2 is 2.18 bits per heavy atom. The molecule has 1 rings (SSSR count). The van der Waals surface area contributed by atoms with Crippen LogP contribution in [0, 0.1) is 0 Å². The van der Waals surface area contributed by atoms with Crippen molar-refractivity contribution in [1.29, 1.82) is 0 Å². The molecule has 1 heterocycles. The molecule has 0 atom stereocenters. The summed E-state index contributed by atoms with van der Waals surface area (Å²) in [4.78, 5) is 8.66. The summed E-state index contributed by atoms with van der Waals surface area (Å²) in [5, 5.41) is 9.60. The Balaban J connectivity index is 0.00000256. The lowest BCUT2D eigenvalue weighted by Crippen LogP contribution is -2.36. The van der Waals surface area contributed by atoms with Crippen LogP contribution in [0.4, 0.5) is 0 Å². The van der Waals surface area contributed by atoms with Gasteiger partial charge in [-0.1, -0.05) is 13.8 Å². The lowest BCUT2D eigenvalue weighted by molar-refractivity contribution is 0.793. The summed E-state index contributed by atoms with van der Waals surface area (Å²) >= 11 is 1.69. The van der Waals surface area contributed by atoms with E-state index in [2.05, 4.69) is 39.8 Å². The van der Waals surface area contributed by atoms with E-state index in [9.17, 15) is 0 Å². The van der Waals surface area contributed by atoms with Crippen LogP contribution in [0.2, 0.25) is 0 Å². The highest BCUT2D eigenvalue weighted by Gasteiger charge is 2.05. The van der Waals surface area contributed by atoms with Gasteiger partial charge in [-0.3, -0.25) is 4.99 Å². The van der Waals surface area contributed by atoms with Gasteiger partial charge in [-0.15, -0.1) is 35.3 Å².